The molecule has 1 aromatic carbocycles. The summed E-state index contributed by atoms with van der Waals surface area (Å²) in [6, 6.07) is 5.18. The molecule has 1 saturated carbocycles. The van der Waals surface area contributed by atoms with E-state index >= 15 is 0 Å². The van der Waals surface area contributed by atoms with Gasteiger partial charge in [0.25, 0.3) is 0 Å². The van der Waals surface area contributed by atoms with Crippen LogP contribution in [0.2, 0.25) is 0 Å². The van der Waals surface area contributed by atoms with Gasteiger partial charge in [0.2, 0.25) is 6.04 Å². The van der Waals surface area contributed by atoms with Gasteiger partial charge in [0.05, 0.1) is 19.1 Å². The summed E-state index contributed by atoms with van der Waals surface area (Å²) >= 11 is 0. The van der Waals surface area contributed by atoms with Crippen molar-refractivity contribution in [1.82, 2.24) is 0 Å². The van der Waals surface area contributed by atoms with Gasteiger partial charge in [-0.2, -0.15) is 0 Å². The largest absolute Gasteiger partial charge is 0.493 e. The number of nitro groups is 1. The lowest BCUT2D eigenvalue weighted by molar-refractivity contribution is -0.526. The highest BCUT2D eigenvalue weighted by molar-refractivity contribution is 5.44. The Morgan fingerprint density at radius 1 is 1.13 bits per heavy atom. The van der Waals surface area contributed by atoms with Gasteiger partial charge in [0.1, 0.15) is 0 Å². The summed E-state index contributed by atoms with van der Waals surface area (Å²) in [6.45, 7) is 0. The Hall–Kier alpha value is -2.04. The zero-order valence-corrected chi connectivity index (χ0v) is 13.4. The fourth-order valence-corrected chi connectivity index (χ4v) is 3.59. The molecular weight excluding hydrogens is 294 g/mol. The number of hydrogen-bond acceptors (Lipinski definition) is 4. The first-order chi connectivity index (χ1) is 11.2. The zero-order chi connectivity index (χ0) is 16.2. The van der Waals surface area contributed by atoms with Crippen LogP contribution < -0.4 is 9.47 Å². The molecule has 2 atom stereocenters. The number of rotatable bonds is 5. The van der Waals surface area contributed by atoms with Crippen molar-refractivity contribution in [2.45, 2.75) is 56.6 Å². The summed E-state index contributed by atoms with van der Waals surface area (Å²) in [7, 11) is 1.62. The predicted molar refractivity (Wildman–Crippen MR) is 87.8 cm³/mol. The smallest absolute Gasteiger partial charge is 0.223 e. The third-order valence-electron chi connectivity index (χ3n) is 4.88. The zero-order valence-electron chi connectivity index (χ0n) is 13.4. The van der Waals surface area contributed by atoms with Crippen LogP contribution in [0.25, 0.3) is 0 Å². The SMILES string of the molecule is COc1ccc([C@@H]2CC=CC[C@@H]2[N+](=O)[O-])cc1OC1CCCC1. The first-order valence-electron chi connectivity index (χ1n) is 8.32. The highest BCUT2D eigenvalue weighted by atomic mass is 16.6. The van der Waals surface area contributed by atoms with Crippen molar-refractivity contribution in [2.75, 3.05) is 7.11 Å². The molecule has 0 saturated heterocycles. The van der Waals surface area contributed by atoms with E-state index in [9.17, 15) is 10.1 Å². The van der Waals surface area contributed by atoms with Gasteiger partial charge in [-0.25, -0.2) is 0 Å². The predicted octanol–water partition coefficient (Wildman–Crippen LogP) is 4.10. The summed E-state index contributed by atoms with van der Waals surface area (Å²) in [6.07, 6.45) is 9.89. The normalized spacial score (nSPS) is 24.6. The molecule has 0 heterocycles. The Morgan fingerprint density at radius 2 is 1.87 bits per heavy atom. The lowest BCUT2D eigenvalue weighted by Crippen LogP contribution is -2.28. The summed E-state index contributed by atoms with van der Waals surface area (Å²) in [5.74, 6) is 1.31. The third-order valence-corrected chi connectivity index (χ3v) is 4.88. The van der Waals surface area contributed by atoms with E-state index in [1.807, 2.05) is 30.4 Å². The highest BCUT2D eigenvalue weighted by Gasteiger charge is 2.33. The monoisotopic (exact) mass is 317 g/mol. The molecule has 0 spiro atoms. The maximum absolute atomic E-state index is 11.3. The lowest BCUT2D eigenvalue weighted by Gasteiger charge is -2.24. The van der Waals surface area contributed by atoms with Gasteiger partial charge in [0, 0.05) is 11.3 Å². The summed E-state index contributed by atoms with van der Waals surface area (Å²) in [5, 5.41) is 11.3. The second-order valence-electron chi connectivity index (χ2n) is 6.34. The summed E-state index contributed by atoms with van der Waals surface area (Å²) in [5.41, 5.74) is 0.963. The maximum atomic E-state index is 11.3. The van der Waals surface area contributed by atoms with Gasteiger partial charge in [-0.15, -0.1) is 0 Å². The number of nitrogens with zero attached hydrogens (tertiary/aromatic N) is 1. The van der Waals surface area contributed by atoms with Crippen LogP contribution in [0.1, 0.15) is 50.0 Å². The van der Waals surface area contributed by atoms with Gasteiger partial charge in [-0.05, 0) is 49.8 Å². The first-order valence-corrected chi connectivity index (χ1v) is 8.32. The van der Waals surface area contributed by atoms with E-state index in [4.69, 9.17) is 9.47 Å². The molecule has 124 valence electrons. The maximum Gasteiger partial charge on any atom is 0.223 e. The van der Waals surface area contributed by atoms with E-state index in [2.05, 4.69) is 0 Å². The van der Waals surface area contributed by atoms with Crippen molar-refractivity contribution in [2.24, 2.45) is 0 Å². The molecule has 0 amide bonds. The Balaban J connectivity index is 1.86. The minimum absolute atomic E-state index is 0.105. The molecule has 0 aromatic heterocycles. The highest BCUT2D eigenvalue weighted by Crippen LogP contribution is 2.38. The van der Waals surface area contributed by atoms with Crippen LogP contribution >= 0.6 is 0 Å². The second kappa shape index (κ2) is 7.02. The average Bonchev–Trinajstić information content (AvgIpc) is 3.08. The van der Waals surface area contributed by atoms with Crippen LogP contribution in [-0.2, 0) is 0 Å². The number of allylic oxidation sites excluding steroid dienone is 1. The minimum Gasteiger partial charge on any atom is -0.493 e. The van der Waals surface area contributed by atoms with Gasteiger partial charge < -0.3 is 9.47 Å². The number of methoxy groups -OCH3 is 1. The van der Waals surface area contributed by atoms with Crippen molar-refractivity contribution < 1.29 is 14.4 Å². The molecule has 0 N–H and O–H groups in total. The van der Waals surface area contributed by atoms with Gasteiger partial charge in [-0.1, -0.05) is 18.2 Å². The number of ether oxygens (including phenoxy) is 2. The quantitative estimate of drug-likeness (QED) is 0.466. The Morgan fingerprint density at radius 3 is 2.57 bits per heavy atom. The van der Waals surface area contributed by atoms with Crippen LogP contribution in [0.15, 0.2) is 30.4 Å². The van der Waals surface area contributed by atoms with Crippen molar-refractivity contribution >= 4 is 0 Å². The van der Waals surface area contributed by atoms with E-state index in [1.54, 1.807) is 7.11 Å². The summed E-state index contributed by atoms with van der Waals surface area (Å²) in [4.78, 5) is 11.2. The lowest BCUT2D eigenvalue weighted by atomic mass is 9.83. The second-order valence-corrected chi connectivity index (χ2v) is 6.34. The summed E-state index contributed by atoms with van der Waals surface area (Å²) < 4.78 is 11.5. The van der Waals surface area contributed by atoms with Crippen LogP contribution in [0.5, 0.6) is 11.5 Å². The van der Waals surface area contributed by atoms with E-state index in [0.29, 0.717) is 24.3 Å². The van der Waals surface area contributed by atoms with Crippen LogP contribution in [0.3, 0.4) is 0 Å². The molecule has 3 rings (SSSR count). The third kappa shape index (κ3) is 3.49. The van der Waals surface area contributed by atoms with Gasteiger partial charge in [-0.3, -0.25) is 10.1 Å². The molecule has 5 heteroatoms. The minimum atomic E-state index is -0.562. The molecule has 2 aliphatic rings. The molecule has 0 aliphatic heterocycles. The number of hydrogen-bond donors (Lipinski definition) is 0. The fraction of sp³-hybridized carbons (Fsp3) is 0.556. The van der Waals surface area contributed by atoms with Crippen molar-refractivity contribution in [1.29, 1.82) is 0 Å². The molecular formula is C18H23NO4. The van der Waals surface area contributed by atoms with E-state index in [0.717, 1.165) is 18.4 Å². The van der Waals surface area contributed by atoms with E-state index in [-0.39, 0.29) is 16.9 Å². The molecule has 1 aromatic rings. The van der Waals surface area contributed by atoms with Crippen LogP contribution in [-0.4, -0.2) is 24.2 Å². The Kier molecular flexibility index (Phi) is 4.84. The van der Waals surface area contributed by atoms with E-state index in [1.165, 1.54) is 12.8 Å². The van der Waals surface area contributed by atoms with Gasteiger partial charge in [0.15, 0.2) is 11.5 Å². The number of benzene rings is 1. The molecule has 2 aliphatic carbocycles. The standard InChI is InChI=1S/C18H23NO4/c1-22-17-11-10-13(12-18(17)23-14-6-2-3-7-14)15-8-4-5-9-16(15)19(20)21/h4-5,10-12,14-16H,2-3,6-9H2,1H3/t15-,16-/m0/s1. The topological polar surface area (TPSA) is 61.6 Å². The fourth-order valence-electron chi connectivity index (χ4n) is 3.59. The van der Waals surface area contributed by atoms with Crippen molar-refractivity contribution in [3.05, 3.63) is 46.0 Å². The Bertz CT molecular complexity index is 593. The average molecular weight is 317 g/mol. The van der Waals surface area contributed by atoms with E-state index < -0.39 is 6.04 Å². The molecule has 0 bridgehead atoms. The molecule has 1 fully saturated rings. The molecule has 0 radical (unpaired) electrons. The van der Waals surface area contributed by atoms with Gasteiger partial charge >= 0.3 is 0 Å². The molecule has 23 heavy (non-hydrogen) atoms. The van der Waals surface area contributed by atoms with Crippen LogP contribution in [0, 0.1) is 10.1 Å². The Labute approximate surface area is 136 Å². The first kappa shape index (κ1) is 15.8. The van der Waals surface area contributed by atoms with Crippen LogP contribution in [0.4, 0.5) is 0 Å². The molecule has 0 unspecified atom stereocenters. The van der Waals surface area contributed by atoms with Crippen molar-refractivity contribution in [3.63, 3.8) is 0 Å². The molecule has 5 nitrogen and oxygen atoms in total. The van der Waals surface area contributed by atoms with Crippen molar-refractivity contribution in [3.8, 4) is 11.5 Å².